The molecule has 0 unspecified atom stereocenters. The van der Waals surface area contributed by atoms with E-state index in [9.17, 15) is 9.59 Å². The lowest BCUT2D eigenvalue weighted by Crippen LogP contribution is -2.54. The van der Waals surface area contributed by atoms with Crippen LogP contribution in [0.1, 0.15) is 39.7 Å². The fraction of sp³-hybridized carbons (Fsp3) is 0.652. The monoisotopic (exact) mass is 417 g/mol. The maximum absolute atomic E-state index is 12.4. The average molecular weight is 418 g/mol. The van der Waals surface area contributed by atoms with Crippen molar-refractivity contribution in [1.29, 1.82) is 0 Å². The van der Waals surface area contributed by atoms with E-state index in [1.807, 2.05) is 56.0 Å². The Hall–Kier alpha value is -2.28. The molecule has 2 fully saturated rings. The molecule has 0 aliphatic carbocycles. The SMILES string of the molecule is C[C@H]1CN(C(=O)OCc2ccccc2)CCN1C[C@H]1CCN(C(=O)OC(C)(C)C)C1. The summed E-state index contributed by atoms with van der Waals surface area (Å²) in [6.07, 6.45) is 0.525. The molecule has 1 aromatic carbocycles. The van der Waals surface area contributed by atoms with Crippen LogP contribution in [-0.2, 0) is 16.1 Å². The second-order valence-electron chi connectivity index (χ2n) is 9.41. The standard InChI is InChI=1S/C23H35N3O4/c1-18-14-26(21(27)29-17-19-8-6-5-7-9-19)13-12-24(18)15-20-10-11-25(16-20)22(28)30-23(2,3)4/h5-9,18,20H,10-17H2,1-4H3/t18-,20+/m0/s1. The van der Waals surface area contributed by atoms with Crippen LogP contribution < -0.4 is 0 Å². The van der Waals surface area contributed by atoms with Gasteiger partial charge in [0.15, 0.2) is 0 Å². The highest BCUT2D eigenvalue weighted by Crippen LogP contribution is 2.22. The summed E-state index contributed by atoms with van der Waals surface area (Å²) in [5, 5.41) is 0. The molecule has 2 atom stereocenters. The first-order valence-corrected chi connectivity index (χ1v) is 10.9. The number of piperazine rings is 1. The predicted molar refractivity (Wildman–Crippen MR) is 115 cm³/mol. The lowest BCUT2D eigenvalue weighted by atomic mass is 10.1. The van der Waals surface area contributed by atoms with Crippen molar-refractivity contribution in [2.75, 3.05) is 39.3 Å². The van der Waals surface area contributed by atoms with Gasteiger partial charge in [-0.25, -0.2) is 9.59 Å². The van der Waals surface area contributed by atoms with Gasteiger partial charge in [0.1, 0.15) is 12.2 Å². The molecule has 0 bridgehead atoms. The van der Waals surface area contributed by atoms with Gasteiger partial charge in [-0.05, 0) is 45.6 Å². The van der Waals surface area contributed by atoms with E-state index in [1.165, 1.54) is 0 Å². The Morgan fingerprint density at radius 1 is 1.00 bits per heavy atom. The molecule has 2 heterocycles. The van der Waals surface area contributed by atoms with E-state index < -0.39 is 5.60 Å². The van der Waals surface area contributed by atoms with E-state index in [2.05, 4.69) is 11.8 Å². The van der Waals surface area contributed by atoms with E-state index in [0.29, 0.717) is 25.6 Å². The summed E-state index contributed by atoms with van der Waals surface area (Å²) >= 11 is 0. The summed E-state index contributed by atoms with van der Waals surface area (Å²) in [5.74, 6) is 0.441. The van der Waals surface area contributed by atoms with Crippen molar-refractivity contribution in [1.82, 2.24) is 14.7 Å². The number of rotatable bonds is 4. The molecule has 2 aliphatic rings. The summed E-state index contributed by atoms with van der Waals surface area (Å²) in [4.78, 5) is 30.7. The van der Waals surface area contributed by atoms with Crippen LogP contribution in [0.25, 0.3) is 0 Å². The number of likely N-dealkylation sites (tertiary alicyclic amines) is 1. The Bertz CT molecular complexity index is 719. The zero-order valence-electron chi connectivity index (χ0n) is 18.7. The first-order valence-electron chi connectivity index (χ1n) is 10.9. The molecule has 2 amide bonds. The van der Waals surface area contributed by atoms with Crippen LogP contribution >= 0.6 is 0 Å². The van der Waals surface area contributed by atoms with E-state index in [1.54, 1.807) is 4.90 Å². The van der Waals surface area contributed by atoms with Crippen LogP contribution in [0.15, 0.2) is 30.3 Å². The summed E-state index contributed by atoms with van der Waals surface area (Å²) in [6, 6.07) is 10.0. The molecule has 0 aromatic heterocycles. The Morgan fingerprint density at radius 3 is 2.37 bits per heavy atom. The zero-order chi connectivity index (χ0) is 21.7. The molecule has 0 saturated carbocycles. The summed E-state index contributed by atoms with van der Waals surface area (Å²) in [7, 11) is 0. The maximum Gasteiger partial charge on any atom is 0.410 e. The first kappa shape index (κ1) is 22.4. The maximum atomic E-state index is 12.4. The Kier molecular flexibility index (Phi) is 7.23. The largest absolute Gasteiger partial charge is 0.445 e. The van der Waals surface area contributed by atoms with Crippen LogP contribution in [0, 0.1) is 5.92 Å². The van der Waals surface area contributed by atoms with Crippen molar-refractivity contribution >= 4 is 12.2 Å². The van der Waals surface area contributed by atoms with Crippen molar-refractivity contribution in [2.45, 2.75) is 52.4 Å². The van der Waals surface area contributed by atoms with Crippen LogP contribution in [0.5, 0.6) is 0 Å². The molecular weight excluding hydrogens is 382 g/mol. The van der Waals surface area contributed by atoms with Gasteiger partial charge in [0.25, 0.3) is 0 Å². The molecule has 3 rings (SSSR count). The van der Waals surface area contributed by atoms with E-state index in [-0.39, 0.29) is 18.2 Å². The number of carbonyl (C=O) groups excluding carboxylic acids is 2. The van der Waals surface area contributed by atoms with Crippen LogP contribution in [-0.4, -0.2) is 77.8 Å². The van der Waals surface area contributed by atoms with Gasteiger partial charge in [0.05, 0.1) is 0 Å². The minimum atomic E-state index is -0.463. The molecule has 7 nitrogen and oxygen atoms in total. The average Bonchev–Trinajstić information content (AvgIpc) is 3.16. The van der Waals surface area contributed by atoms with Gasteiger partial charge in [-0.15, -0.1) is 0 Å². The third-order valence-electron chi connectivity index (χ3n) is 5.66. The second-order valence-corrected chi connectivity index (χ2v) is 9.41. The zero-order valence-corrected chi connectivity index (χ0v) is 18.7. The van der Waals surface area contributed by atoms with E-state index in [4.69, 9.17) is 9.47 Å². The van der Waals surface area contributed by atoms with E-state index >= 15 is 0 Å². The van der Waals surface area contributed by atoms with Crippen LogP contribution in [0.3, 0.4) is 0 Å². The fourth-order valence-corrected chi connectivity index (χ4v) is 4.05. The topological polar surface area (TPSA) is 62.3 Å². The number of amides is 2. The predicted octanol–water partition coefficient (Wildman–Crippen LogP) is 3.59. The van der Waals surface area contributed by atoms with Crippen LogP contribution in [0.2, 0.25) is 0 Å². The third kappa shape index (κ3) is 6.36. The molecule has 0 spiro atoms. The Labute approximate surface area is 179 Å². The quantitative estimate of drug-likeness (QED) is 0.749. The van der Waals surface area contributed by atoms with Gasteiger partial charge in [-0.2, -0.15) is 0 Å². The van der Waals surface area contributed by atoms with Gasteiger partial charge in [-0.1, -0.05) is 30.3 Å². The molecule has 30 heavy (non-hydrogen) atoms. The fourth-order valence-electron chi connectivity index (χ4n) is 4.05. The highest BCUT2D eigenvalue weighted by Gasteiger charge is 2.33. The van der Waals surface area contributed by atoms with Gasteiger partial charge in [0, 0.05) is 45.3 Å². The van der Waals surface area contributed by atoms with Crippen molar-refractivity contribution in [3.8, 4) is 0 Å². The Morgan fingerprint density at radius 2 is 1.70 bits per heavy atom. The van der Waals surface area contributed by atoms with Gasteiger partial charge in [0.2, 0.25) is 0 Å². The normalized spacial score (nSPS) is 22.8. The first-order chi connectivity index (χ1) is 14.2. The molecule has 7 heteroatoms. The summed E-state index contributed by atoms with van der Waals surface area (Å²) in [5.41, 5.74) is 0.531. The molecule has 0 N–H and O–H groups in total. The van der Waals surface area contributed by atoms with Crippen LogP contribution in [0.4, 0.5) is 9.59 Å². The number of hydrogen-bond donors (Lipinski definition) is 0. The molecule has 1 aromatic rings. The van der Waals surface area contributed by atoms with Gasteiger partial charge in [-0.3, -0.25) is 4.90 Å². The second kappa shape index (κ2) is 9.69. The smallest absolute Gasteiger partial charge is 0.410 e. The van der Waals surface area contributed by atoms with E-state index in [0.717, 1.165) is 38.2 Å². The third-order valence-corrected chi connectivity index (χ3v) is 5.66. The van der Waals surface area contributed by atoms with Crippen molar-refractivity contribution in [2.24, 2.45) is 5.92 Å². The lowest BCUT2D eigenvalue weighted by Gasteiger charge is -2.40. The minimum absolute atomic E-state index is 0.218. The molecule has 2 saturated heterocycles. The minimum Gasteiger partial charge on any atom is -0.445 e. The Balaban J connectivity index is 1.41. The number of nitrogens with zero attached hydrogens (tertiary/aromatic N) is 3. The highest BCUT2D eigenvalue weighted by molar-refractivity contribution is 5.68. The molecule has 2 aliphatic heterocycles. The number of carbonyl (C=O) groups is 2. The van der Waals surface area contributed by atoms with Crippen molar-refractivity contribution < 1.29 is 19.1 Å². The molecule has 0 radical (unpaired) electrons. The molecule has 166 valence electrons. The van der Waals surface area contributed by atoms with Crippen molar-refractivity contribution in [3.05, 3.63) is 35.9 Å². The number of benzene rings is 1. The number of ether oxygens (including phenoxy) is 2. The number of hydrogen-bond acceptors (Lipinski definition) is 5. The lowest BCUT2D eigenvalue weighted by molar-refractivity contribution is 0.0269. The summed E-state index contributed by atoms with van der Waals surface area (Å²) < 4.78 is 11.0. The van der Waals surface area contributed by atoms with Gasteiger partial charge < -0.3 is 19.3 Å². The van der Waals surface area contributed by atoms with Crippen molar-refractivity contribution in [3.63, 3.8) is 0 Å². The molecular formula is C23H35N3O4. The summed E-state index contributed by atoms with van der Waals surface area (Å²) in [6.45, 7) is 12.7. The highest BCUT2D eigenvalue weighted by atomic mass is 16.6. The van der Waals surface area contributed by atoms with Gasteiger partial charge >= 0.3 is 12.2 Å².